The number of rotatable bonds is 5. The largest absolute Gasteiger partial charge is 0.467 e. The highest BCUT2D eigenvalue weighted by Crippen LogP contribution is 2.29. The highest BCUT2D eigenvalue weighted by atomic mass is 16.5. The summed E-state index contributed by atoms with van der Waals surface area (Å²) in [6.45, 7) is 10.9. The molecule has 1 aromatic rings. The number of hydrogen-bond donors (Lipinski definition) is 2. The third-order valence-electron chi connectivity index (χ3n) is 2.44. The van der Waals surface area contributed by atoms with Crippen LogP contribution in [-0.4, -0.2) is 34.6 Å². The minimum Gasteiger partial charge on any atom is -0.467 e. The van der Waals surface area contributed by atoms with E-state index in [1.165, 1.54) is 0 Å². The van der Waals surface area contributed by atoms with E-state index in [9.17, 15) is 0 Å². The van der Waals surface area contributed by atoms with Gasteiger partial charge in [0.05, 0.1) is 7.11 Å². The molecular weight excluding hydrogens is 242 g/mol. The molecule has 0 aliphatic rings. The van der Waals surface area contributed by atoms with E-state index in [2.05, 4.69) is 60.2 Å². The zero-order valence-corrected chi connectivity index (χ0v) is 13.0. The molecule has 0 atom stereocenters. The van der Waals surface area contributed by atoms with Crippen LogP contribution in [0.3, 0.4) is 0 Å². The molecular formula is C13H25N5O. The molecule has 0 fully saturated rings. The molecule has 1 rings (SSSR count). The predicted octanol–water partition coefficient (Wildman–Crippen LogP) is 2.55. The lowest BCUT2D eigenvalue weighted by Crippen LogP contribution is -2.36. The maximum absolute atomic E-state index is 5.07. The fraction of sp³-hybridized carbons (Fsp3) is 0.769. The molecule has 0 aliphatic heterocycles. The van der Waals surface area contributed by atoms with Crippen LogP contribution in [0.15, 0.2) is 0 Å². The highest BCUT2D eigenvalue weighted by Gasteiger charge is 2.26. The SMILES string of the molecule is CNc1nc(NC(C)(C)CC(C)(C)C)nc(OC)n1. The normalized spacial score (nSPS) is 12.2. The summed E-state index contributed by atoms with van der Waals surface area (Å²) >= 11 is 0. The van der Waals surface area contributed by atoms with Crippen molar-refractivity contribution in [2.24, 2.45) is 5.41 Å². The molecule has 19 heavy (non-hydrogen) atoms. The summed E-state index contributed by atoms with van der Waals surface area (Å²) in [5.41, 5.74) is 0.106. The van der Waals surface area contributed by atoms with Crippen molar-refractivity contribution in [3.8, 4) is 6.01 Å². The standard InChI is InChI=1S/C13H25N5O/c1-12(2,3)8-13(4,5)18-10-15-9(14-6)16-11(17-10)19-7/h8H2,1-7H3,(H2,14,15,16,17,18). The van der Waals surface area contributed by atoms with Crippen molar-refractivity contribution in [1.82, 2.24) is 15.0 Å². The summed E-state index contributed by atoms with van der Waals surface area (Å²) in [6.07, 6.45) is 0.989. The number of aromatic nitrogens is 3. The summed E-state index contributed by atoms with van der Waals surface area (Å²) in [5.74, 6) is 1.01. The smallest absolute Gasteiger partial charge is 0.322 e. The van der Waals surface area contributed by atoms with Crippen LogP contribution in [0, 0.1) is 5.41 Å². The van der Waals surface area contributed by atoms with Gasteiger partial charge >= 0.3 is 6.01 Å². The summed E-state index contributed by atoms with van der Waals surface area (Å²) < 4.78 is 5.07. The second-order valence-electron chi connectivity index (χ2n) is 6.47. The molecule has 1 aromatic heterocycles. The number of hydrogen-bond acceptors (Lipinski definition) is 6. The van der Waals surface area contributed by atoms with Crippen molar-refractivity contribution >= 4 is 11.9 Å². The molecule has 0 saturated heterocycles. The van der Waals surface area contributed by atoms with E-state index in [0.29, 0.717) is 17.9 Å². The van der Waals surface area contributed by atoms with Crippen molar-refractivity contribution < 1.29 is 4.74 Å². The first-order chi connectivity index (χ1) is 8.65. The third kappa shape index (κ3) is 5.28. The maximum atomic E-state index is 5.07. The van der Waals surface area contributed by atoms with Gasteiger partial charge in [0.1, 0.15) is 0 Å². The zero-order valence-electron chi connectivity index (χ0n) is 13.0. The molecule has 0 bridgehead atoms. The van der Waals surface area contributed by atoms with E-state index in [4.69, 9.17) is 4.74 Å². The van der Waals surface area contributed by atoms with Crippen LogP contribution < -0.4 is 15.4 Å². The molecule has 0 saturated carbocycles. The average Bonchev–Trinajstić information content (AvgIpc) is 2.24. The lowest BCUT2D eigenvalue weighted by molar-refractivity contribution is 0.301. The van der Waals surface area contributed by atoms with Crippen molar-refractivity contribution in [2.45, 2.75) is 46.6 Å². The van der Waals surface area contributed by atoms with Crippen molar-refractivity contribution in [3.63, 3.8) is 0 Å². The molecule has 0 aliphatic carbocycles. The van der Waals surface area contributed by atoms with Crippen LogP contribution in [-0.2, 0) is 0 Å². The van der Waals surface area contributed by atoms with Gasteiger partial charge in [-0.3, -0.25) is 0 Å². The second kappa shape index (κ2) is 5.59. The van der Waals surface area contributed by atoms with Crippen LogP contribution in [0.1, 0.15) is 41.0 Å². The van der Waals surface area contributed by atoms with E-state index < -0.39 is 0 Å². The fourth-order valence-corrected chi connectivity index (χ4v) is 2.29. The van der Waals surface area contributed by atoms with Gasteiger partial charge in [-0.2, -0.15) is 15.0 Å². The van der Waals surface area contributed by atoms with Crippen LogP contribution in [0.5, 0.6) is 6.01 Å². The number of methoxy groups -OCH3 is 1. The van der Waals surface area contributed by atoms with E-state index >= 15 is 0 Å². The van der Waals surface area contributed by atoms with Crippen molar-refractivity contribution in [3.05, 3.63) is 0 Å². The molecule has 1 heterocycles. The minimum atomic E-state index is -0.115. The molecule has 6 heteroatoms. The van der Waals surface area contributed by atoms with E-state index in [0.717, 1.165) is 6.42 Å². The lowest BCUT2D eigenvalue weighted by Gasteiger charge is -2.33. The van der Waals surface area contributed by atoms with Gasteiger partial charge in [-0.25, -0.2) is 0 Å². The molecule has 6 nitrogen and oxygen atoms in total. The molecule has 0 aromatic carbocycles. The Labute approximate surface area is 115 Å². The Bertz CT molecular complexity index is 403. The quantitative estimate of drug-likeness (QED) is 0.854. The van der Waals surface area contributed by atoms with Gasteiger partial charge in [0.2, 0.25) is 11.9 Å². The minimum absolute atomic E-state index is 0.115. The predicted molar refractivity (Wildman–Crippen MR) is 77.7 cm³/mol. The Morgan fingerprint density at radius 3 is 2.05 bits per heavy atom. The van der Waals surface area contributed by atoms with Gasteiger partial charge in [-0.05, 0) is 25.7 Å². The molecule has 108 valence electrons. The summed E-state index contributed by atoms with van der Waals surface area (Å²) in [6, 6.07) is 0.299. The first-order valence-electron chi connectivity index (χ1n) is 6.41. The van der Waals surface area contributed by atoms with Crippen LogP contribution >= 0.6 is 0 Å². The number of ether oxygens (including phenoxy) is 1. The van der Waals surface area contributed by atoms with Crippen LogP contribution in [0.4, 0.5) is 11.9 Å². The summed E-state index contributed by atoms with van der Waals surface area (Å²) in [7, 11) is 3.30. The van der Waals surface area contributed by atoms with Gasteiger partial charge in [0.15, 0.2) is 0 Å². The molecule has 0 unspecified atom stereocenters. The van der Waals surface area contributed by atoms with Gasteiger partial charge in [0, 0.05) is 12.6 Å². The Morgan fingerprint density at radius 1 is 1.00 bits per heavy atom. The number of anilines is 2. The van der Waals surface area contributed by atoms with Gasteiger partial charge in [-0.15, -0.1) is 0 Å². The molecule has 0 radical (unpaired) electrons. The zero-order chi connectivity index (χ0) is 14.7. The Morgan fingerprint density at radius 2 is 1.58 bits per heavy atom. The van der Waals surface area contributed by atoms with E-state index in [-0.39, 0.29) is 11.0 Å². The number of nitrogens with zero attached hydrogens (tertiary/aromatic N) is 3. The Hall–Kier alpha value is -1.59. The van der Waals surface area contributed by atoms with Crippen molar-refractivity contribution in [2.75, 3.05) is 24.8 Å². The topological polar surface area (TPSA) is 72.0 Å². The van der Waals surface area contributed by atoms with E-state index in [1.54, 1.807) is 14.2 Å². The van der Waals surface area contributed by atoms with Gasteiger partial charge in [-0.1, -0.05) is 20.8 Å². The van der Waals surface area contributed by atoms with Gasteiger partial charge < -0.3 is 15.4 Å². The summed E-state index contributed by atoms with van der Waals surface area (Å²) in [5, 5.41) is 6.24. The monoisotopic (exact) mass is 267 g/mol. The van der Waals surface area contributed by atoms with Crippen LogP contribution in [0.25, 0.3) is 0 Å². The summed E-state index contributed by atoms with van der Waals surface area (Å²) in [4.78, 5) is 12.6. The lowest BCUT2D eigenvalue weighted by atomic mass is 9.82. The van der Waals surface area contributed by atoms with Crippen LogP contribution in [0.2, 0.25) is 0 Å². The van der Waals surface area contributed by atoms with E-state index in [1.807, 2.05) is 0 Å². The van der Waals surface area contributed by atoms with Crippen molar-refractivity contribution in [1.29, 1.82) is 0 Å². The molecule has 0 amide bonds. The first-order valence-corrected chi connectivity index (χ1v) is 6.41. The maximum Gasteiger partial charge on any atom is 0.322 e. The number of nitrogens with one attached hydrogen (secondary N) is 2. The highest BCUT2D eigenvalue weighted by molar-refractivity contribution is 5.37. The average molecular weight is 267 g/mol. The third-order valence-corrected chi connectivity index (χ3v) is 2.44. The Kier molecular flexibility index (Phi) is 4.55. The van der Waals surface area contributed by atoms with Gasteiger partial charge in [0.25, 0.3) is 0 Å². The molecule has 2 N–H and O–H groups in total. The second-order valence-corrected chi connectivity index (χ2v) is 6.47. The fourth-order valence-electron chi connectivity index (χ4n) is 2.29. The molecule has 0 spiro atoms. The Balaban J connectivity index is 2.91. The first kappa shape index (κ1) is 15.5.